The van der Waals surface area contributed by atoms with Gasteiger partial charge in [0.2, 0.25) is 0 Å². The van der Waals surface area contributed by atoms with Crippen molar-refractivity contribution in [3.8, 4) is 0 Å². The molecular weight excluding hydrogens is 192 g/mol. The summed E-state index contributed by atoms with van der Waals surface area (Å²) in [4.78, 5) is 0. The van der Waals surface area contributed by atoms with Crippen molar-refractivity contribution in [1.29, 1.82) is 0 Å². The van der Waals surface area contributed by atoms with Gasteiger partial charge in [0.1, 0.15) is 0 Å². The van der Waals surface area contributed by atoms with Gasteiger partial charge < -0.3 is 0 Å². The fraction of sp³-hybridized carbons (Fsp3) is 1.00. The van der Waals surface area contributed by atoms with Crippen LogP contribution in [0.15, 0.2) is 0 Å². The fourth-order valence-corrected chi connectivity index (χ4v) is 2.19. The molecule has 0 aliphatic heterocycles. The molecule has 0 aliphatic rings. The first-order valence-corrected chi connectivity index (χ1v) is 6.63. The number of hydrogen-bond acceptors (Lipinski definition) is 3. The second-order valence-electron chi connectivity index (χ2n) is 2.47. The molecule has 0 aromatic heterocycles. The Balaban J connectivity index is 2.69. The topological polar surface area (TPSA) is 0 Å². The van der Waals surface area contributed by atoms with Gasteiger partial charge in [-0.3, -0.25) is 0 Å². The maximum absolute atomic E-state index is 4.16. The molecular formula is C8H18S3. The van der Waals surface area contributed by atoms with Crippen molar-refractivity contribution >= 4 is 37.0 Å². The number of thioether (sulfide) groups is 1. The molecule has 0 atom stereocenters. The molecule has 0 aromatic carbocycles. The van der Waals surface area contributed by atoms with Gasteiger partial charge in [0.05, 0.1) is 0 Å². The van der Waals surface area contributed by atoms with Crippen LogP contribution in [0, 0.1) is 0 Å². The van der Waals surface area contributed by atoms with Gasteiger partial charge in [-0.2, -0.15) is 37.0 Å². The lowest BCUT2D eigenvalue weighted by molar-refractivity contribution is 0.712. The first-order chi connectivity index (χ1) is 5.41. The van der Waals surface area contributed by atoms with Crippen LogP contribution < -0.4 is 0 Å². The molecule has 0 saturated heterocycles. The average molecular weight is 210 g/mol. The van der Waals surface area contributed by atoms with E-state index in [1.165, 1.54) is 37.2 Å². The number of rotatable bonds is 8. The molecule has 0 spiro atoms. The zero-order valence-electron chi connectivity index (χ0n) is 6.96. The minimum absolute atomic E-state index is 1.02. The van der Waals surface area contributed by atoms with Crippen LogP contribution in [-0.4, -0.2) is 23.0 Å². The van der Waals surface area contributed by atoms with Crippen molar-refractivity contribution in [3.63, 3.8) is 0 Å². The van der Waals surface area contributed by atoms with E-state index in [1.54, 1.807) is 0 Å². The standard InChI is InChI=1S/C8H18S3/c9-5-3-1-2-4-7-11-8-6-10/h9-10H,1-8H2. The molecule has 0 aromatic rings. The lowest BCUT2D eigenvalue weighted by Gasteiger charge is -1.98. The first kappa shape index (κ1) is 12.0. The second kappa shape index (κ2) is 11.1. The van der Waals surface area contributed by atoms with Crippen LogP contribution in [0.3, 0.4) is 0 Å². The molecule has 0 aliphatic carbocycles. The zero-order chi connectivity index (χ0) is 8.36. The summed E-state index contributed by atoms with van der Waals surface area (Å²) in [6.45, 7) is 0. The summed E-state index contributed by atoms with van der Waals surface area (Å²) in [5.74, 6) is 4.58. The van der Waals surface area contributed by atoms with E-state index in [9.17, 15) is 0 Å². The molecule has 0 amide bonds. The SMILES string of the molecule is SCCCCCCSCCS. The summed E-state index contributed by atoms with van der Waals surface area (Å²) in [5, 5.41) is 0. The Morgan fingerprint density at radius 2 is 1.45 bits per heavy atom. The van der Waals surface area contributed by atoms with E-state index in [1.807, 2.05) is 11.8 Å². The van der Waals surface area contributed by atoms with Gasteiger partial charge >= 0.3 is 0 Å². The summed E-state index contributed by atoms with van der Waals surface area (Å²) in [6, 6.07) is 0. The Morgan fingerprint density at radius 3 is 2.09 bits per heavy atom. The molecule has 68 valence electrons. The minimum Gasteiger partial charge on any atom is -0.179 e. The molecule has 3 heteroatoms. The zero-order valence-corrected chi connectivity index (χ0v) is 9.56. The van der Waals surface area contributed by atoms with Crippen molar-refractivity contribution in [2.24, 2.45) is 0 Å². The van der Waals surface area contributed by atoms with E-state index in [2.05, 4.69) is 25.3 Å². The smallest absolute Gasteiger partial charge is 0.00210 e. The third-order valence-corrected chi connectivity index (χ3v) is 3.34. The highest BCUT2D eigenvalue weighted by Crippen LogP contribution is 2.07. The van der Waals surface area contributed by atoms with E-state index in [4.69, 9.17) is 0 Å². The van der Waals surface area contributed by atoms with E-state index in [-0.39, 0.29) is 0 Å². The van der Waals surface area contributed by atoms with Crippen LogP contribution >= 0.6 is 37.0 Å². The van der Waals surface area contributed by atoms with Gasteiger partial charge in [-0.25, -0.2) is 0 Å². The highest BCUT2D eigenvalue weighted by atomic mass is 32.2. The van der Waals surface area contributed by atoms with Crippen molar-refractivity contribution in [3.05, 3.63) is 0 Å². The Labute approximate surface area is 85.7 Å². The van der Waals surface area contributed by atoms with Crippen molar-refractivity contribution in [1.82, 2.24) is 0 Å². The quantitative estimate of drug-likeness (QED) is 0.458. The predicted octanol–water partition coefficient (Wildman–Crippen LogP) is 3.14. The summed E-state index contributed by atoms with van der Waals surface area (Å²) in [6.07, 6.45) is 5.37. The maximum Gasteiger partial charge on any atom is 0.00210 e. The number of thiol groups is 2. The summed E-state index contributed by atoms with van der Waals surface area (Å²) in [5.41, 5.74) is 0. The minimum atomic E-state index is 1.02. The Hall–Kier alpha value is 1.05. The van der Waals surface area contributed by atoms with Crippen LogP contribution in [0.5, 0.6) is 0 Å². The largest absolute Gasteiger partial charge is 0.179 e. The van der Waals surface area contributed by atoms with Gasteiger partial charge in [-0.05, 0) is 30.1 Å². The lowest BCUT2D eigenvalue weighted by Crippen LogP contribution is -1.85. The molecule has 0 nitrogen and oxygen atoms in total. The molecule has 0 saturated carbocycles. The van der Waals surface area contributed by atoms with Crippen LogP contribution in [0.4, 0.5) is 0 Å². The van der Waals surface area contributed by atoms with Gasteiger partial charge in [0.25, 0.3) is 0 Å². The van der Waals surface area contributed by atoms with Crippen LogP contribution in [0.25, 0.3) is 0 Å². The van der Waals surface area contributed by atoms with Crippen LogP contribution in [0.2, 0.25) is 0 Å². The molecule has 0 N–H and O–H groups in total. The Kier molecular flexibility index (Phi) is 12.1. The van der Waals surface area contributed by atoms with Crippen molar-refractivity contribution in [2.75, 3.05) is 23.0 Å². The van der Waals surface area contributed by atoms with E-state index in [0.29, 0.717) is 0 Å². The molecule has 0 radical (unpaired) electrons. The highest BCUT2D eigenvalue weighted by molar-refractivity contribution is 7.99. The van der Waals surface area contributed by atoms with Gasteiger partial charge in [-0.15, -0.1) is 0 Å². The third-order valence-electron chi connectivity index (χ3n) is 1.43. The Morgan fingerprint density at radius 1 is 0.727 bits per heavy atom. The first-order valence-electron chi connectivity index (χ1n) is 4.21. The van der Waals surface area contributed by atoms with Crippen LogP contribution in [0.1, 0.15) is 25.7 Å². The Bertz CT molecular complexity index is 58.4. The normalized spacial score (nSPS) is 10.4. The monoisotopic (exact) mass is 210 g/mol. The average Bonchev–Trinajstić information content (AvgIpc) is 2.03. The number of hydrogen-bond donors (Lipinski definition) is 2. The molecule has 0 heterocycles. The molecule has 11 heavy (non-hydrogen) atoms. The van der Waals surface area contributed by atoms with Crippen molar-refractivity contribution in [2.45, 2.75) is 25.7 Å². The van der Waals surface area contributed by atoms with E-state index < -0.39 is 0 Å². The molecule has 0 bridgehead atoms. The summed E-state index contributed by atoms with van der Waals surface area (Å²) in [7, 11) is 0. The third kappa shape index (κ3) is 11.0. The molecule has 0 fully saturated rings. The van der Waals surface area contributed by atoms with Gasteiger partial charge in [-0.1, -0.05) is 12.8 Å². The predicted molar refractivity (Wildman–Crippen MR) is 63.5 cm³/mol. The molecule has 0 rings (SSSR count). The van der Waals surface area contributed by atoms with Crippen LogP contribution in [-0.2, 0) is 0 Å². The summed E-state index contributed by atoms with van der Waals surface area (Å²) < 4.78 is 0. The van der Waals surface area contributed by atoms with Gasteiger partial charge in [0.15, 0.2) is 0 Å². The fourth-order valence-electron chi connectivity index (χ4n) is 0.836. The lowest BCUT2D eigenvalue weighted by atomic mass is 10.2. The van der Waals surface area contributed by atoms with Gasteiger partial charge in [0, 0.05) is 5.75 Å². The highest BCUT2D eigenvalue weighted by Gasteiger charge is 1.89. The molecule has 0 unspecified atom stereocenters. The van der Waals surface area contributed by atoms with E-state index >= 15 is 0 Å². The summed E-state index contributed by atoms with van der Waals surface area (Å²) >= 11 is 10.3. The van der Waals surface area contributed by atoms with E-state index in [0.717, 1.165) is 11.5 Å². The van der Waals surface area contributed by atoms with Crippen molar-refractivity contribution < 1.29 is 0 Å². The maximum atomic E-state index is 4.16. The second-order valence-corrected chi connectivity index (χ2v) is 4.59. The number of unbranched alkanes of at least 4 members (excludes halogenated alkanes) is 3.